The highest BCUT2D eigenvalue weighted by molar-refractivity contribution is 7.80. The van der Waals surface area contributed by atoms with Gasteiger partial charge in [0, 0.05) is 29.3 Å². The van der Waals surface area contributed by atoms with Crippen molar-refractivity contribution in [2.75, 3.05) is 6.54 Å². The van der Waals surface area contributed by atoms with Gasteiger partial charge in [-0.15, -0.1) is 12.6 Å². The van der Waals surface area contributed by atoms with Gasteiger partial charge >= 0.3 is 0 Å². The Hall–Kier alpha value is -3.32. The highest BCUT2D eigenvalue weighted by Gasteiger charge is 2.07. The third-order valence-electron chi connectivity index (χ3n) is 3.95. The van der Waals surface area contributed by atoms with Crippen LogP contribution in [0.5, 0.6) is 11.5 Å². The van der Waals surface area contributed by atoms with E-state index in [-0.39, 0.29) is 11.6 Å². The summed E-state index contributed by atoms with van der Waals surface area (Å²) in [5, 5.41) is 2.89. The second-order valence-electron chi connectivity index (χ2n) is 6.04. The van der Waals surface area contributed by atoms with Gasteiger partial charge in [0.15, 0.2) is 0 Å². The lowest BCUT2D eigenvalue weighted by molar-refractivity contribution is 0.0952. The van der Waals surface area contributed by atoms with Gasteiger partial charge in [0.2, 0.25) is 0 Å². The molecule has 6 nitrogen and oxygen atoms in total. The van der Waals surface area contributed by atoms with E-state index in [0.717, 1.165) is 10.5 Å². The minimum Gasteiger partial charge on any atom is -0.457 e. The molecular weight excluding hydrogens is 374 g/mol. The molecule has 3 rings (SSSR count). The van der Waals surface area contributed by atoms with Crippen LogP contribution in [0.15, 0.2) is 71.8 Å². The third kappa shape index (κ3) is 5.34. The highest BCUT2D eigenvalue weighted by atomic mass is 32.1. The number of primary amides is 1. The molecule has 0 spiro atoms. The fraction of sp³-hybridized carbons (Fsp3) is 0.0952. The number of aromatic nitrogens is 1. The lowest BCUT2D eigenvalue weighted by Crippen LogP contribution is -2.25. The minimum absolute atomic E-state index is 0.128. The zero-order chi connectivity index (χ0) is 19.9. The van der Waals surface area contributed by atoms with E-state index in [9.17, 15) is 9.59 Å². The van der Waals surface area contributed by atoms with E-state index in [4.69, 9.17) is 10.5 Å². The van der Waals surface area contributed by atoms with Gasteiger partial charge in [-0.05, 0) is 54.4 Å². The van der Waals surface area contributed by atoms with Crippen molar-refractivity contribution in [2.24, 2.45) is 5.73 Å². The number of hydrogen-bond acceptors (Lipinski definition) is 5. The maximum absolute atomic E-state index is 12.1. The van der Waals surface area contributed by atoms with Gasteiger partial charge in [-0.2, -0.15) is 0 Å². The van der Waals surface area contributed by atoms with Crippen LogP contribution in [0, 0.1) is 0 Å². The Bertz CT molecular complexity index is 990. The number of benzene rings is 2. The number of nitrogens with one attached hydrogen (secondary N) is 1. The quantitative estimate of drug-likeness (QED) is 0.537. The van der Waals surface area contributed by atoms with Crippen LogP contribution in [-0.4, -0.2) is 23.3 Å². The van der Waals surface area contributed by atoms with Gasteiger partial charge in [-0.25, -0.2) is 0 Å². The molecule has 2 amide bonds. The molecule has 0 unspecified atom stereocenters. The van der Waals surface area contributed by atoms with Gasteiger partial charge in [-0.3, -0.25) is 14.6 Å². The summed E-state index contributed by atoms with van der Waals surface area (Å²) in [6.45, 7) is 0.492. The number of thiol groups is 1. The van der Waals surface area contributed by atoms with E-state index >= 15 is 0 Å². The summed E-state index contributed by atoms with van der Waals surface area (Å²) in [5.41, 5.74) is 6.98. The first kappa shape index (κ1) is 19.4. The van der Waals surface area contributed by atoms with Crippen molar-refractivity contribution in [3.05, 3.63) is 83.7 Å². The van der Waals surface area contributed by atoms with E-state index < -0.39 is 5.91 Å². The molecule has 1 heterocycles. The predicted molar refractivity (Wildman–Crippen MR) is 109 cm³/mol. The maximum Gasteiger partial charge on any atom is 0.267 e. The summed E-state index contributed by atoms with van der Waals surface area (Å²) in [5.74, 6) is 0.354. The van der Waals surface area contributed by atoms with Crippen LogP contribution in [0.4, 0.5) is 0 Å². The van der Waals surface area contributed by atoms with Crippen LogP contribution < -0.4 is 15.8 Å². The normalized spacial score (nSPS) is 10.3. The second kappa shape index (κ2) is 9.05. The van der Waals surface area contributed by atoms with Gasteiger partial charge in [0.1, 0.15) is 17.2 Å². The van der Waals surface area contributed by atoms with Crippen molar-refractivity contribution in [3.63, 3.8) is 0 Å². The monoisotopic (exact) mass is 393 g/mol. The van der Waals surface area contributed by atoms with E-state index in [1.165, 1.54) is 12.3 Å². The summed E-state index contributed by atoms with van der Waals surface area (Å²) in [6, 6.07) is 17.7. The number of carbonyl (C=O) groups excluding carboxylic acids is 2. The molecule has 0 atom stereocenters. The Kier molecular flexibility index (Phi) is 6.29. The number of carbonyl (C=O) groups is 2. The summed E-state index contributed by atoms with van der Waals surface area (Å²) in [6.07, 6.45) is 2.12. The molecule has 3 aromatic rings. The van der Waals surface area contributed by atoms with Crippen molar-refractivity contribution in [2.45, 2.75) is 11.3 Å². The first-order valence-electron chi connectivity index (χ1n) is 8.61. The fourth-order valence-corrected chi connectivity index (χ4v) is 2.69. The number of pyridine rings is 1. The second-order valence-corrected chi connectivity index (χ2v) is 6.56. The molecule has 28 heavy (non-hydrogen) atoms. The Balaban J connectivity index is 1.57. The molecule has 0 radical (unpaired) electrons. The molecule has 0 saturated carbocycles. The Morgan fingerprint density at radius 3 is 2.54 bits per heavy atom. The number of hydrogen-bond donors (Lipinski definition) is 3. The van der Waals surface area contributed by atoms with Gasteiger partial charge < -0.3 is 15.8 Å². The van der Waals surface area contributed by atoms with E-state index in [0.29, 0.717) is 30.0 Å². The number of ether oxygens (including phenoxy) is 1. The summed E-state index contributed by atoms with van der Waals surface area (Å²) in [7, 11) is 0. The van der Waals surface area contributed by atoms with E-state index in [1.54, 1.807) is 30.3 Å². The molecule has 2 aromatic carbocycles. The molecule has 142 valence electrons. The molecule has 0 aliphatic heterocycles. The first-order chi connectivity index (χ1) is 13.5. The van der Waals surface area contributed by atoms with Gasteiger partial charge in [0.25, 0.3) is 11.8 Å². The molecule has 3 N–H and O–H groups in total. The molecule has 0 saturated heterocycles. The predicted octanol–water partition coefficient (Wildman–Crippen LogP) is 3.23. The van der Waals surface area contributed by atoms with Crippen LogP contribution in [0.2, 0.25) is 0 Å². The van der Waals surface area contributed by atoms with Crippen molar-refractivity contribution in [1.82, 2.24) is 10.3 Å². The molecule has 0 aliphatic carbocycles. The van der Waals surface area contributed by atoms with Gasteiger partial charge in [-0.1, -0.05) is 12.1 Å². The molecule has 7 heteroatoms. The van der Waals surface area contributed by atoms with E-state index in [1.807, 2.05) is 24.3 Å². The average Bonchev–Trinajstić information content (AvgIpc) is 2.69. The molecular formula is C21H19N3O3S. The summed E-state index contributed by atoms with van der Waals surface area (Å²) >= 11 is 4.21. The highest BCUT2D eigenvalue weighted by Crippen LogP contribution is 2.22. The topological polar surface area (TPSA) is 94.3 Å². The first-order valence-corrected chi connectivity index (χ1v) is 9.06. The Morgan fingerprint density at radius 1 is 1.04 bits per heavy atom. The Morgan fingerprint density at radius 2 is 1.79 bits per heavy atom. The average molecular weight is 393 g/mol. The third-order valence-corrected chi connectivity index (χ3v) is 4.24. The SMILES string of the molecule is NC(=O)c1cc(Oc2cccc(CCNC(=O)c3ccc(S)cc3)c2)ccn1. The largest absolute Gasteiger partial charge is 0.457 e. The maximum atomic E-state index is 12.1. The molecule has 0 aliphatic rings. The van der Waals surface area contributed by atoms with E-state index in [2.05, 4.69) is 22.9 Å². The lowest BCUT2D eigenvalue weighted by Gasteiger charge is -2.09. The van der Waals surface area contributed by atoms with Crippen LogP contribution in [0.25, 0.3) is 0 Å². The molecule has 1 aromatic heterocycles. The molecule has 0 bridgehead atoms. The summed E-state index contributed by atoms with van der Waals surface area (Å²) in [4.78, 5) is 28.1. The lowest BCUT2D eigenvalue weighted by atomic mass is 10.1. The van der Waals surface area contributed by atoms with Crippen molar-refractivity contribution in [3.8, 4) is 11.5 Å². The number of rotatable bonds is 7. The number of nitrogens with two attached hydrogens (primary N) is 1. The number of nitrogens with zero attached hydrogens (tertiary/aromatic N) is 1. The minimum atomic E-state index is -0.612. The summed E-state index contributed by atoms with van der Waals surface area (Å²) < 4.78 is 5.78. The fourth-order valence-electron chi connectivity index (χ4n) is 2.55. The molecule has 0 fully saturated rings. The smallest absolute Gasteiger partial charge is 0.267 e. The van der Waals surface area contributed by atoms with Crippen molar-refractivity contribution < 1.29 is 14.3 Å². The zero-order valence-corrected chi connectivity index (χ0v) is 15.9. The van der Waals surface area contributed by atoms with Crippen LogP contribution in [0.1, 0.15) is 26.4 Å². The van der Waals surface area contributed by atoms with Crippen molar-refractivity contribution >= 4 is 24.4 Å². The van der Waals surface area contributed by atoms with Crippen LogP contribution in [-0.2, 0) is 6.42 Å². The zero-order valence-electron chi connectivity index (χ0n) is 15.0. The number of amides is 2. The van der Waals surface area contributed by atoms with Crippen LogP contribution >= 0.6 is 12.6 Å². The van der Waals surface area contributed by atoms with Crippen LogP contribution in [0.3, 0.4) is 0 Å². The Labute approximate surface area is 168 Å². The standard InChI is InChI=1S/C21H19N3O3S/c22-20(25)19-13-17(9-11-23-19)27-16-3-1-2-14(12-16)8-10-24-21(26)15-4-6-18(28)7-5-15/h1-7,9,11-13,28H,8,10H2,(H2,22,25)(H,24,26). The van der Waals surface area contributed by atoms with Gasteiger partial charge in [0.05, 0.1) is 0 Å². The van der Waals surface area contributed by atoms with Crippen molar-refractivity contribution in [1.29, 1.82) is 0 Å².